The molecule has 3 rings (SSSR count). The van der Waals surface area contributed by atoms with Gasteiger partial charge in [-0.25, -0.2) is 0 Å². The van der Waals surface area contributed by atoms with Crippen molar-refractivity contribution >= 4 is 22.7 Å². The van der Waals surface area contributed by atoms with Gasteiger partial charge in [0.05, 0.1) is 12.1 Å². The summed E-state index contributed by atoms with van der Waals surface area (Å²) in [7, 11) is 1.90. The molecule has 1 aromatic carbocycles. The number of hydrogen-bond donors (Lipinski definition) is 2. The molecule has 2 N–H and O–H groups in total. The average molecular weight is 271 g/mol. The molecule has 104 valence electrons. The first-order valence-corrected chi connectivity index (χ1v) is 6.77. The van der Waals surface area contributed by atoms with Crippen LogP contribution in [0, 0.1) is 0 Å². The number of hydrogen-bond acceptors (Lipinski definition) is 2. The fraction of sp³-hybridized carbons (Fsp3) is 0.333. The predicted molar refractivity (Wildman–Crippen MR) is 76.4 cm³/mol. The summed E-state index contributed by atoms with van der Waals surface area (Å²) >= 11 is 0. The van der Waals surface area contributed by atoms with E-state index in [1.807, 2.05) is 35.9 Å². The van der Waals surface area contributed by atoms with E-state index in [9.17, 15) is 9.59 Å². The Bertz CT molecular complexity index is 671. The Kier molecular flexibility index (Phi) is 3.18. The molecule has 0 aliphatic heterocycles. The number of aromatic nitrogens is 1. The molecule has 1 heterocycles. The van der Waals surface area contributed by atoms with Crippen molar-refractivity contribution in [3.8, 4) is 0 Å². The van der Waals surface area contributed by atoms with Gasteiger partial charge < -0.3 is 15.2 Å². The first kappa shape index (κ1) is 12.7. The fourth-order valence-electron chi connectivity index (χ4n) is 2.28. The first-order chi connectivity index (χ1) is 9.65. The minimum absolute atomic E-state index is 0.0263. The van der Waals surface area contributed by atoms with Crippen LogP contribution in [-0.2, 0) is 11.8 Å². The molecule has 1 fully saturated rings. The van der Waals surface area contributed by atoms with E-state index >= 15 is 0 Å². The third-order valence-corrected chi connectivity index (χ3v) is 3.49. The van der Waals surface area contributed by atoms with E-state index in [1.54, 1.807) is 6.20 Å². The van der Waals surface area contributed by atoms with E-state index in [0.29, 0.717) is 11.6 Å². The monoisotopic (exact) mass is 271 g/mol. The number of nitrogens with one attached hydrogen (secondary N) is 2. The lowest BCUT2D eigenvalue weighted by atomic mass is 10.1. The van der Waals surface area contributed by atoms with Crippen molar-refractivity contribution in [1.29, 1.82) is 0 Å². The molecule has 1 aromatic heterocycles. The summed E-state index contributed by atoms with van der Waals surface area (Å²) in [4.78, 5) is 23.7. The highest BCUT2D eigenvalue weighted by atomic mass is 16.2. The molecule has 0 unspecified atom stereocenters. The van der Waals surface area contributed by atoms with E-state index in [1.165, 1.54) is 0 Å². The van der Waals surface area contributed by atoms with Crippen LogP contribution in [-0.4, -0.2) is 29.0 Å². The third-order valence-electron chi connectivity index (χ3n) is 3.49. The van der Waals surface area contributed by atoms with E-state index in [-0.39, 0.29) is 18.4 Å². The van der Waals surface area contributed by atoms with Gasteiger partial charge in [0.1, 0.15) is 0 Å². The number of amides is 2. The Morgan fingerprint density at radius 2 is 2.05 bits per heavy atom. The van der Waals surface area contributed by atoms with Crippen molar-refractivity contribution in [3.05, 3.63) is 36.0 Å². The topological polar surface area (TPSA) is 63.1 Å². The molecule has 2 aromatic rings. The largest absolute Gasteiger partial charge is 0.352 e. The van der Waals surface area contributed by atoms with Crippen molar-refractivity contribution in [2.24, 2.45) is 7.05 Å². The molecule has 2 amide bonds. The molecule has 1 aliphatic rings. The number of benzene rings is 1. The number of para-hydroxylation sites is 1. The van der Waals surface area contributed by atoms with Crippen LogP contribution in [0.2, 0.25) is 0 Å². The van der Waals surface area contributed by atoms with E-state index in [4.69, 9.17) is 0 Å². The molecule has 1 saturated carbocycles. The van der Waals surface area contributed by atoms with Crippen LogP contribution in [0.3, 0.4) is 0 Å². The summed E-state index contributed by atoms with van der Waals surface area (Å²) in [5.41, 5.74) is 1.60. The maximum absolute atomic E-state index is 12.2. The van der Waals surface area contributed by atoms with Crippen molar-refractivity contribution < 1.29 is 9.59 Å². The quantitative estimate of drug-likeness (QED) is 0.877. The fourth-order valence-corrected chi connectivity index (χ4v) is 2.28. The van der Waals surface area contributed by atoms with Crippen molar-refractivity contribution in [2.45, 2.75) is 18.9 Å². The lowest BCUT2D eigenvalue weighted by Crippen LogP contribution is -2.37. The number of carbonyl (C=O) groups is 2. The summed E-state index contributed by atoms with van der Waals surface area (Å²) in [6.45, 7) is 0.0263. The summed E-state index contributed by atoms with van der Waals surface area (Å²) in [6, 6.07) is 8.03. The number of fused-ring (bicyclic) bond motifs is 1. The van der Waals surface area contributed by atoms with Gasteiger partial charge in [0.25, 0.3) is 5.91 Å². The molecular weight excluding hydrogens is 254 g/mol. The van der Waals surface area contributed by atoms with Crippen molar-refractivity contribution in [3.63, 3.8) is 0 Å². The molecule has 1 aliphatic carbocycles. The number of aryl methyl sites for hydroxylation is 1. The Balaban J connectivity index is 1.70. The van der Waals surface area contributed by atoms with Gasteiger partial charge in [0.15, 0.2) is 0 Å². The van der Waals surface area contributed by atoms with Crippen LogP contribution in [0.5, 0.6) is 0 Å². The maximum atomic E-state index is 12.2. The molecule has 0 radical (unpaired) electrons. The Hall–Kier alpha value is -2.30. The van der Waals surface area contributed by atoms with Crippen LogP contribution in [0.1, 0.15) is 23.2 Å². The Morgan fingerprint density at radius 1 is 1.30 bits per heavy atom. The van der Waals surface area contributed by atoms with Crippen molar-refractivity contribution in [1.82, 2.24) is 15.2 Å². The van der Waals surface area contributed by atoms with E-state index in [2.05, 4.69) is 10.6 Å². The van der Waals surface area contributed by atoms with Gasteiger partial charge in [0, 0.05) is 30.2 Å². The summed E-state index contributed by atoms with van der Waals surface area (Å²) in [6.07, 6.45) is 3.88. The first-order valence-electron chi connectivity index (χ1n) is 6.77. The van der Waals surface area contributed by atoms with Crippen LogP contribution in [0.25, 0.3) is 10.9 Å². The summed E-state index contributed by atoms with van der Waals surface area (Å²) in [5, 5.41) is 6.42. The van der Waals surface area contributed by atoms with Crippen LogP contribution < -0.4 is 10.6 Å². The number of rotatable bonds is 4. The third kappa shape index (κ3) is 2.52. The molecule has 0 spiro atoms. The van der Waals surface area contributed by atoms with Gasteiger partial charge in [-0.05, 0) is 18.9 Å². The smallest absolute Gasteiger partial charge is 0.253 e. The minimum atomic E-state index is -0.215. The van der Waals surface area contributed by atoms with Crippen LogP contribution in [0.15, 0.2) is 30.5 Å². The minimum Gasteiger partial charge on any atom is -0.352 e. The van der Waals surface area contributed by atoms with Gasteiger partial charge in [-0.15, -0.1) is 0 Å². The molecule has 0 bridgehead atoms. The molecule has 20 heavy (non-hydrogen) atoms. The normalized spacial score (nSPS) is 14.2. The molecular formula is C15H17N3O2. The van der Waals surface area contributed by atoms with Gasteiger partial charge in [0.2, 0.25) is 5.91 Å². The lowest BCUT2D eigenvalue weighted by Gasteiger charge is -2.05. The van der Waals surface area contributed by atoms with Crippen LogP contribution >= 0.6 is 0 Å². The highest BCUT2D eigenvalue weighted by Gasteiger charge is 2.23. The SMILES string of the molecule is Cn1cc(C(=O)NCC(=O)NC2CC2)c2ccccc21. The van der Waals surface area contributed by atoms with E-state index in [0.717, 1.165) is 23.7 Å². The zero-order valence-electron chi connectivity index (χ0n) is 11.3. The zero-order chi connectivity index (χ0) is 14.1. The van der Waals surface area contributed by atoms with Gasteiger partial charge in [-0.3, -0.25) is 9.59 Å². The van der Waals surface area contributed by atoms with E-state index < -0.39 is 0 Å². The van der Waals surface area contributed by atoms with Gasteiger partial charge in [-0.1, -0.05) is 18.2 Å². The van der Waals surface area contributed by atoms with Crippen molar-refractivity contribution in [2.75, 3.05) is 6.54 Å². The second kappa shape index (κ2) is 5.00. The number of nitrogens with zero attached hydrogens (tertiary/aromatic N) is 1. The molecule has 0 saturated heterocycles. The standard InChI is InChI=1S/C15H17N3O2/c1-18-9-12(11-4-2-3-5-13(11)18)15(20)16-8-14(19)17-10-6-7-10/h2-5,9-10H,6-8H2,1H3,(H,16,20)(H,17,19). The summed E-state index contributed by atoms with van der Waals surface area (Å²) < 4.78 is 1.91. The summed E-state index contributed by atoms with van der Waals surface area (Å²) in [5.74, 6) is -0.339. The second-order valence-electron chi connectivity index (χ2n) is 5.20. The molecule has 0 atom stereocenters. The number of carbonyl (C=O) groups excluding carboxylic acids is 2. The average Bonchev–Trinajstić information content (AvgIpc) is 3.19. The Labute approximate surface area is 117 Å². The highest BCUT2D eigenvalue weighted by molar-refractivity contribution is 6.07. The molecule has 5 heteroatoms. The zero-order valence-corrected chi connectivity index (χ0v) is 11.3. The highest BCUT2D eigenvalue weighted by Crippen LogP contribution is 2.20. The maximum Gasteiger partial charge on any atom is 0.253 e. The predicted octanol–water partition coefficient (Wildman–Crippen LogP) is 1.19. The van der Waals surface area contributed by atoms with Gasteiger partial charge in [-0.2, -0.15) is 0 Å². The van der Waals surface area contributed by atoms with Gasteiger partial charge >= 0.3 is 0 Å². The Morgan fingerprint density at radius 3 is 2.80 bits per heavy atom. The van der Waals surface area contributed by atoms with Crippen LogP contribution in [0.4, 0.5) is 0 Å². The lowest BCUT2D eigenvalue weighted by molar-refractivity contribution is -0.120. The second-order valence-corrected chi connectivity index (χ2v) is 5.20. The molecule has 5 nitrogen and oxygen atoms in total.